The Hall–Kier alpha value is -2.48. The van der Waals surface area contributed by atoms with Crippen molar-refractivity contribution in [1.29, 1.82) is 0 Å². The van der Waals surface area contributed by atoms with E-state index in [0.29, 0.717) is 6.54 Å². The number of pyridine rings is 1. The number of amides is 1. The highest BCUT2D eigenvalue weighted by molar-refractivity contribution is 5.96. The summed E-state index contributed by atoms with van der Waals surface area (Å²) in [5, 5.41) is 3.02. The molecule has 0 bridgehead atoms. The van der Waals surface area contributed by atoms with Gasteiger partial charge in [-0.25, -0.2) is 9.78 Å². The Balaban J connectivity index is 1.92. The molecule has 122 valence electrons. The SMILES string of the molecule is Cn1c(=O)c2cc(C(=O)NC[C@H]3CCCO3)cnc2n(C)c1=O. The molecule has 1 aliphatic heterocycles. The molecule has 2 aromatic rings. The first-order valence-corrected chi connectivity index (χ1v) is 7.44. The summed E-state index contributed by atoms with van der Waals surface area (Å²) in [6.45, 7) is 1.16. The van der Waals surface area contributed by atoms with Gasteiger partial charge in [-0.1, -0.05) is 0 Å². The van der Waals surface area contributed by atoms with Gasteiger partial charge in [0.15, 0.2) is 0 Å². The second-order valence-electron chi connectivity index (χ2n) is 5.65. The second-order valence-corrected chi connectivity index (χ2v) is 5.65. The summed E-state index contributed by atoms with van der Waals surface area (Å²) in [6, 6.07) is 1.47. The van der Waals surface area contributed by atoms with Crippen molar-refractivity contribution < 1.29 is 9.53 Å². The van der Waals surface area contributed by atoms with E-state index in [-0.39, 0.29) is 28.6 Å². The molecule has 8 nitrogen and oxygen atoms in total. The molecule has 2 aromatic heterocycles. The topological polar surface area (TPSA) is 95.2 Å². The van der Waals surface area contributed by atoms with Crippen LogP contribution in [0.2, 0.25) is 0 Å². The summed E-state index contributed by atoms with van der Waals surface area (Å²) in [4.78, 5) is 40.4. The van der Waals surface area contributed by atoms with Crippen molar-refractivity contribution in [2.75, 3.05) is 13.2 Å². The molecule has 8 heteroatoms. The van der Waals surface area contributed by atoms with Crippen molar-refractivity contribution in [2.24, 2.45) is 14.1 Å². The molecule has 0 saturated carbocycles. The lowest BCUT2D eigenvalue weighted by molar-refractivity contribution is 0.0857. The van der Waals surface area contributed by atoms with Crippen molar-refractivity contribution in [2.45, 2.75) is 18.9 Å². The molecule has 1 atom stereocenters. The van der Waals surface area contributed by atoms with Crippen molar-refractivity contribution in [3.63, 3.8) is 0 Å². The monoisotopic (exact) mass is 318 g/mol. The van der Waals surface area contributed by atoms with E-state index in [9.17, 15) is 14.4 Å². The van der Waals surface area contributed by atoms with Crippen LogP contribution in [0.15, 0.2) is 21.9 Å². The van der Waals surface area contributed by atoms with E-state index in [1.54, 1.807) is 0 Å². The third-order valence-corrected chi connectivity index (χ3v) is 4.07. The highest BCUT2D eigenvalue weighted by Crippen LogP contribution is 2.11. The normalized spacial score (nSPS) is 17.6. The number of fused-ring (bicyclic) bond motifs is 1. The van der Waals surface area contributed by atoms with E-state index < -0.39 is 11.2 Å². The Labute approximate surface area is 131 Å². The van der Waals surface area contributed by atoms with Crippen molar-refractivity contribution >= 4 is 16.9 Å². The maximum absolute atomic E-state index is 12.2. The van der Waals surface area contributed by atoms with Gasteiger partial charge in [-0.15, -0.1) is 0 Å². The predicted molar refractivity (Wildman–Crippen MR) is 83.5 cm³/mol. The first kappa shape index (κ1) is 15.4. The fourth-order valence-electron chi connectivity index (χ4n) is 2.70. The van der Waals surface area contributed by atoms with Gasteiger partial charge in [0.05, 0.1) is 17.1 Å². The van der Waals surface area contributed by atoms with Crippen LogP contribution in [0.4, 0.5) is 0 Å². The molecule has 3 rings (SSSR count). The van der Waals surface area contributed by atoms with Crippen LogP contribution in [0, 0.1) is 0 Å². The van der Waals surface area contributed by atoms with Gasteiger partial charge in [-0.05, 0) is 18.9 Å². The molecular weight excluding hydrogens is 300 g/mol. The second kappa shape index (κ2) is 5.96. The zero-order chi connectivity index (χ0) is 16.6. The van der Waals surface area contributed by atoms with Gasteiger partial charge in [0.2, 0.25) is 0 Å². The number of aromatic nitrogens is 3. The summed E-state index contributed by atoms with van der Waals surface area (Å²) in [5.74, 6) is -0.314. The quantitative estimate of drug-likeness (QED) is 0.826. The van der Waals surface area contributed by atoms with E-state index in [1.807, 2.05) is 0 Å². The zero-order valence-electron chi connectivity index (χ0n) is 13.0. The maximum Gasteiger partial charge on any atom is 0.332 e. The summed E-state index contributed by atoms with van der Waals surface area (Å²) in [5.41, 5.74) is -0.380. The molecule has 1 N–H and O–H groups in total. The molecule has 0 unspecified atom stereocenters. The van der Waals surface area contributed by atoms with Crippen molar-refractivity contribution in [1.82, 2.24) is 19.4 Å². The van der Waals surface area contributed by atoms with E-state index in [1.165, 1.54) is 30.9 Å². The standard InChI is InChI=1S/C15H18N4O4/c1-18-12-11(14(21)19(2)15(18)22)6-9(7-16-12)13(20)17-8-10-4-3-5-23-10/h6-7,10H,3-5,8H2,1-2H3,(H,17,20)/t10-/m1/s1. The molecule has 0 spiro atoms. The largest absolute Gasteiger partial charge is 0.376 e. The number of hydrogen-bond donors (Lipinski definition) is 1. The molecular formula is C15H18N4O4. The molecule has 1 aliphatic rings. The molecule has 1 amide bonds. The van der Waals surface area contributed by atoms with Crippen molar-refractivity contribution in [3.05, 3.63) is 38.7 Å². The molecule has 1 fully saturated rings. The Kier molecular flexibility index (Phi) is 3.99. The van der Waals surface area contributed by atoms with Crippen LogP contribution in [0.1, 0.15) is 23.2 Å². The Morgan fingerprint density at radius 1 is 1.39 bits per heavy atom. The highest BCUT2D eigenvalue weighted by Gasteiger charge is 2.18. The molecule has 3 heterocycles. The fraction of sp³-hybridized carbons (Fsp3) is 0.467. The van der Waals surface area contributed by atoms with E-state index >= 15 is 0 Å². The average Bonchev–Trinajstić information content (AvgIpc) is 3.08. The summed E-state index contributed by atoms with van der Waals surface area (Å²) >= 11 is 0. The van der Waals surface area contributed by atoms with E-state index in [4.69, 9.17) is 4.74 Å². The Bertz CT molecular complexity index is 877. The Morgan fingerprint density at radius 2 is 2.17 bits per heavy atom. The van der Waals surface area contributed by atoms with Gasteiger partial charge >= 0.3 is 5.69 Å². The molecule has 0 radical (unpaired) electrons. The van der Waals surface area contributed by atoms with Gasteiger partial charge < -0.3 is 10.1 Å². The van der Waals surface area contributed by atoms with Crippen LogP contribution in [0.3, 0.4) is 0 Å². The number of rotatable bonds is 3. The zero-order valence-corrected chi connectivity index (χ0v) is 13.0. The minimum Gasteiger partial charge on any atom is -0.376 e. The summed E-state index contributed by atoms with van der Waals surface area (Å²) in [7, 11) is 2.93. The molecule has 1 saturated heterocycles. The van der Waals surface area contributed by atoms with Gasteiger partial charge in [-0.2, -0.15) is 0 Å². The maximum atomic E-state index is 12.2. The number of nitrogens with one attached hydrogen (secondary N) is 1. The Morgan fingerprint density at radius 3 is 2.87 bits per heavy atom. The number of nitrogens with zero attached hydrogens (tertiary/aromatic N) is 3. The molecule has 0 aliphatic carbocycles. The lowest BCUT2D eigenvalue weighted by Crippen LogP contribution is -2.37. The fourth-order valence-corrected chi connectivity index (χ4v) is 2.70. The summed E-state index contributed by atoms with van der Waals surface area (Å²) < 4.78 is 7.73. The number of aryl methyl sites for hydroxylation is 1. The lowest BCUT2D eigenvalue weighted by Gasteiger charge is -2.11. The van der Waals surface area contributed by atoms with Crippen LogP contribution in [-0.4, -0.2) is 39.3 Å². The summed E-state index contributed by atoms with van der Waals surface area (Å²) in [6.07, 6.45) is 3.34. The van der Waals surface area contributed by atoms with Crippen LogP contribution < -0.4 is 16.6 Å². The number of ether oxygens (including phenoxy) is 1. The molecule has 0 aromatic carbocycles. The third kappa shape index (κ3) is 2.77. The van der Waals surface area contributed by atoms with E-state index in [2.05, 4.69) is 10.3 Å². The third-order valence-electron chi connectivity index (χ3n) is 4.07. The van der Waals surface area contributed by atoms with Gasteiger partial charge in [-0.3, -0.25) is 18.7 Å². The van der Waals surface area contributed by atoms with Crippen LogP contribution >= 0.6 is 0 Å². The smallest absolute Gasteiger partial charge is 0.332 e. The first-order chi connectivity index (χ1) is 11.0. The molecule has 23 heavy (non-hydrogen) atoms. The van der Waals surface area contributed by atoms with Crippen LogP contribution in [-0.2, 0) is 18.8 Å². The van der Waals surface area contributed by atoms with Gasteiger partial charge in [0, 0.05) is 33.4 Å². The minimum absolute atomic E-state index is 0.0426. The van der Waals surface area contributed by atoms with Crippen LogP contribution in [0.5, 0.6) is 0 Å². The van der Waals surface area contributed by atoms with Crippen molar-refractivity contribution in [3.8, 4) is 0 Å². The van der Waals surface area contributed by atoms with Gasteiger partial charge in [0.1, 0.15) is 5.65 Å². The minimum atomic E-state index is -0.468. The number of hydrogen-bond acceptors (Lipinski definition) is 5. The average molecular weight is 318 g/mol. The predicted octanol–water partition coefficient (Wildman–Crippen LogP) is -0.459. The van der Waals surface area contributed by atoms with Gasteiger partial charge in [0.25, 0.3) is 11.5 Å². The number of carbonyl (C=O) groups excluding carboxylic acids is 1. The van der Waals surface area contributed by atoms with E-state index in [0.717, 1.165) is 24.0 Å². The lowest BCUT2D eigenvalue weighted by atomic mass is 10.2. The van der Waals surface area contributed by atoms with Crippen LogP contribution in [0.25, 0.3) is 11.0 Å². The number of carbonyl (C=O) groups is 1. The first-order valence-electron chi connectivity index (χ1n) is 7.44. The highest BCUT2D eigenvalue weighted by atomic mass is 16.5.